The van der Waals surface area contributed by atoms with Gasteiger partial charge in [-0.15, -0.1) is 0 Å². The molecule has 0 aromatic carbocycles. The number of hydrogen-bond acceptors (Lipinski definition) is 2. The maximum Gasteiger partial charge on any atom is 0.153 e. The van der Waals surface area contributed by atoms with E-state index >= 15 is 0 Å². The van der Waals surface area contributed by atoms with Crippen molar-refractivity contribution in [3.05, 3.63) is 28.0 Å². The van der Waals surface area contributed by atoms with Crippen LogP contribution in [0.3, 0.4) is 0 Å². The Morgan fingerprint density at radius 3 is 2.69 bits per heavy atom. The summed E-state index contributed by atoms with van der Waals surface area (Å²) in [5.41, 5.74) is 8.74. The molecule has 2 rings (SSSR count). The molecule has 0 fully saturated rings. The average Bonchev–Trinajstić information content (AvgIpc) is 2.38. The van der Waals surface area contributed by atoms with E-state index in [1.165, 1.54) is 0 Å². The van der Waals surface area contributed by atoms with Crippen LogP contribution in [0.15, 0.2) is 16.6 Å². The van der Waals surface area contributed by atoms with Gasteiger partial charge in [-0.2, -0.15) is 0 Å². The number of aromatic nitrogens is 2. The van der Waals surface area contributed by atoms with Crippen LogP contribution in [0.2, 0.25) is 0 Å². The molecule has 0 aliphatic carbocycles. The lowest BCUT2D eigenvalue weighted by molar-refractivity contribution is 1.10. The summed E-state index contributed by atoms with van der Waals surface area (Å²) in [5, 5.41) is 0. The van der Waals surface area contributed by atoms with Crippen LogP contribution < -0.4 is 5.73 Å². The zero-order valence-corrected chi connectivity index (χ0v) is 9.09. The summed E-state index contributed by atoms with van der Waals surface area (Å²) < 4.78 is 2.91. The van der Waals surface area contributed by atoms with Gasteiger partial charge in [0.1, 0.15) is 5.82 Å². The molecule has 2 aromatic rings. The number of nitrogen functional groups attached to an aromatic ring is 1. The van der Waals surface area contributed by atoms with Gasteiger partial charge in [0.25, 0.3) is 0 Å². The smallest absolute Gasteiger partial charge is 0.153 e. The Morgan fingerprint density at radius 1 is 1.38 bits per heavy atom. The van der Waals surface area contributed by atoms with E-state index in [1.807, 2.05) is 30.4 Å². The molecule has 2 heterocycles. The van der Waals surface area contributed by atoms with E-state index < -0.39 is 0 Å². The monoisotopic (exact) mass is 239 g/mol. The zero-order valence-electron chi connectivity index (χ0n) is 7.50. The number of aryl methyl sites for hydroxylation is 2. The summed E-state index contributed by atoms with van der Waals surface area (Å²) in [6.45, 7) is 3.92. The number of nitrogens with zero attached hydrogens (tertiary/aromatic N) is 2. The molecule has 13 heavy (non-hydrogen) atoms. The summed E-state index contributed by atoms with van der Waals surface area (Å²) in [4.78, 5) is 4.36. The molecule has 2 aromatic heterocycles. The Kier molecular flexibility index (Phi) is 1.80. The van der Waals surface area contributed by atoms with Crippen molar-refractivity contribution < 1.29 is 0 Å². The maximum atomic E-state index is 5.89. The highest BCUT2D eigenvalue weighted by Crippen LogP contribution is 2.23. The van der Waals surface area contributed by atoms with Crippen LogP contribution in [-0.2, 0) is 0 Å². The zero-order chi connectivity index (χ0) is 9.59. The Morgan fingerprint density at radius 2 is 2.08 bits per heavy atom. The first-order valence-electron chi connectivity index (χ1n) is 4.01. The molecule has 3 nitrogen and oxygen atoms in total. The molecule has 4 heteroatoms. The highest BCUT2D eigenvalue weighted by Gasteiger charge is 2.09. The summed E-state index contributed by atoms with van der Waals surface area (Å²) in [6, 6.07) is 3.99. The molecule has 0 radical (unpaired) electrons. The van der Waals surface area contributed by atoms with Crippen molar-refractivity contribution in [2.75, 3.05) is 5.73 Å². The molecule has 0 unspecified atom stereocenters. The van der Waals surface area contributed by atoms with Crippen LogP contribution >= 0.6 is 15.9 Å². The van der Waals surface area contributed by atoms with E-state index in [-0.39, 0.29) is 0 Å². The van der Waals surface area contributed by atoms with Crippen molar-refractivity contribution in [1.29, 1.82) is 0 Å². The van der Waals surface area contributed by atoms with Crippen LogP contribution in [0, 0.1) is 13.8 Å². The number of pyridine rings is 1. The van der Waals surface area contributed by atoms with Gasteiger partial charge in [0, 0.05) is 5.69 Å². The van der Waals surface area contributed by atoms with Gasteiger partial charge in [-0.05, 0) is 41.9 Å². The van der Waals surface area contributed by atoms with Crippen LogP contribution in [0.1, 0.15) is 11.4 Å². The second-order valence-electron chi connectivity index (χ2n) is 3.06. The maximum absolute atomic E-state index is 5.89. The number of fused-ring (bicyclic) bond motifs is 1. The fourth-order valence-electron chi connectivity index (χ4n) is 1.40. The minimum atomic E-state index is 0.716. The number of halogens is 1. The van der Waals surface area contributed by atoms with Crippen molar-refractivity contribution in [2.45, 2.75) is 13.8 Å². The quantitative estimate of drug-likeness (QED) is 0.767. The second-order valence-corrected chi connectivity index (χ2v) is 3.92. The lowest BCUT2D eigenvalue weighted by Gasteiger charge is -2.02. The number of rotatable bonds is 0. The van der Waals surface area contributed by atoms with E-state index in [1.54, 1.807) is 0 Å². The molecule has 0 amide bonds. The van der Waals surface area contributed by atoms with Gasteiger partial charge in [0.2, 0.25) is 0 Å². The van der Waals surface area contributed by atoms with Gasteiger partial charge in [-0.3, -0.25) is 4.40 Å². The van der Waals surface area contributed by atoms with E-state index in [2.05, 4.69) is 20.9 Å². The highest BCUT2D eigenvalue weighted by molar-refractivity contribution is 9.10. The first kappa shape index (κ1) is 8.56. The van der Waals surface area contributed by atoms with Crippen molar-refractivity contribution in [2.24, 2.45) is 0 Å². The third-order valence-electron chi connectivity index (χ3n) is 2.13. The molecule has 0 aliphatic heterocycles. The van der Waals surface area contributed by atoms with Crippen LogP contribution in [-0.4, -0.2) is 9.38 Å². The Labute approximate surface area is 84.7 Å². The predicted molar refractivity (Wildman–Crippen MR) is 56.8 cm³/mol. The molecule has 0 spiro atoms. The van der Waals surface area contributed by atoms with Gasteiger partial charge in [-0.25, -0.2) is 4.98 Å². The van der Waals surface area contributed by atoms with Crippen molar-refractivity contribution in [1.82, 2.24) is 9.38 Å². The highest BCUT2D eigenvalue weighted by atomic mass is 79.9. The number of hydrogen-bond donors (Lipinski definition) is 1. The minimum Gasteiger partial charge on any atom is -0.383 e. The Balaban J connectivity index is 3.00. The third kappa shape index (κ3) is 1.13. The van der Waals surface area contributed by atoms with Gasteiger partial charge in [0.05, 0.1) is 10.2 Å². The van der Waals surface area contributed by atoms with Crippen molar-refractivity contribution in [3.63, 3.8) is 0 Å². The number of anilines is 1. The summed E-state index contributed by atoms with van der Waals surface area (Å²) in [7, 11) is 0. The predicted octanol–water partition coefficient (Wildman–Crippen LogP) is 2.30. The fourth-order valence-corrected chi connectivity index (χ4v) is 1.80. The average molecular weight is 240 g/mol. The first-order chi connectivity index (χ1) is 6.11. The first-order valence-corrected chi connectivity index (χ1v) is 4.80. The topological polar surface area (TPSA) is 43.3 Å². The lowest BCUT2D eigenvalue weighted by atomic mass is 10.4. The van der Waals surface area contributed by atoms with Gasteiger partial charge in [-0.1, -0.05) is 0 Å². The summed E-state index contributed by atoms with van der Waals surface area (Å²) in [6.07, 6.45) is 0. The lowest BCUT2D eigenvalue weighted by Crippen LogP contribution is -1.97. The molecule has 2 N–H and O–H groups in total. The molecule has 0 atom stereocenters. The van der Waals surface area contributed by atoms with Gasteiger partial charge in [0.15, 0.2) is 5.65 Å². The van der Waals surface area contributed by atoms with Crippen LogP contribution in [0.25, 0.3) is 5.65 Å². The Hall–Kier alpha value is -1.03. The van der Waals surface area contributed by atoms with Crippen LogP contribution in [0.5, 0.6) is 0 Å². The van der Waals surface area contributed by atoms with Crippen molar-refractivity contribution >= 4 is 27.4 Å². The SMILES string of the molecule is Cc1nc2c(Br)ccc(C)n2c1N. The van der Waals surface area contributed by atoms with E-state index in [0.717, 1.165) is 21.5 Å². The molecule has 0 aliphatic rings. The van der Waals surface area contributed by atoms with Crippen molar-refractivity contribution in [3.8, 4) is 0 Å². The van der Waals surface area contributed by atoms with E-state index in [4.69, 9.17) is 5.73 Å². The molecule has 0 saturated carbocycles. The molecular formula is C9H10BrN3. The summed E-state index contributed by atoms with van der Waals surface area (Å²) >= 11 is 3.44. The van der Waals surface area contributed by atoms with Gasteiger partial charge < -0.3 is 5.73 Å². The van der Waals surface area contributed by atoms with E-state index in [0.29, 0.717) is 5.82 Å². The molecule has 68 valence electrons. The molecule has 0 saturated heterocycles. The molecular weight excluding hydrogens is 230 g/mol. The fraction of sp³-hybridized carbons (Fsp3) is 0.222. The Bertz CT molecular complexity index is 473. The van der Waals surface area contributed by atoms with Crippen LogP contribution in [0.4, 0.5) is 5.82 Å². The third-order valence-corrected chi connectivity index (χ3v) is 2.75. The largest absolute Gasteiger partial charge is 0.383 e. The standard InChI is InChI=1S/C9H10BrN3/c1-5-3-4-7(10)9-12-6(2)8(11)13(5)9/h3-4H,11H2,1-2H3. The summed E-state index contributed by atoms with van der Waals surface area (Å²) in [5.74, 6) is 0.716. The van der Waals surface area contributed by atoms with E-state index in [9.17, 15) is 0 Å². The normalized spacial score (nSPS) is 11.0. The molecule has 0 bridgehead atoms. The number of imidazole rings is 1. The minimum absolute atomic E-state index is 0.716. The van der Waals surface area contributed by atoms with Gasteiger partial charge >= 0.3 is 0 Å². The second kappa shape index (κ2) is 2.73. The number of nitrogens with two attached hydrogens (primary N) is 1.